The van der Waals surface area contributed by atoms with Gasteiger partial charge in [0.1, 0.15) is 0 Å². The normalized spacial score (nSPS) is 13.4. The molecule has 1 aliphatic carbocycles. The molecule has 0 radical (unpaired) electrons. The SMILES string of the molecule is CC(C)(C)c1c2cc(N(c3ccccc3)c3ccccc3)ccc2c(C(C)(C)C)c2cc3c(cc12)c(-c1ccccc1)c(-c1ccccc1)n3-c1ccc2c(c1)C(C)(C)c1ccccc1-2. The quantitative estimate of drug-likeness (QED) is 0.151. The monoisotopic (exact) mass is 840 g/mol. The smallest absolute Gasteiger partial charge is 0.0619 e. The van der Waals surface area contributed by atoms with E-state index in [0.717, 1.165) is 17.1 Å². The fourth-order valence-corrected chi connectivity index (χ4v) is 11.2. The van der Waals surface area contributed by atoms with Gasteiger partial charge in [-0.15, -0.1) is 0 Å². The van der Waals surface area contributed by atoms with E-state index < -0.39 is 0 Å². The molecule has 2 heteroatoms. The van der Waals surface area contributed by atoms with E-state index in [0.29, 0.717) is 0 Å². The molecule has 10 aromatic rings. The Hall–Kier alpha value is -7.16. The maximum atomic E-state index is 2.58. The van der Waals surface area contributed by atoms with E-state index in [2.05, 4.69) is 259 Å². The molecule has 9 aromatic carbocycles. The average Bonchev–Trinajstić information content (AvgIpc) is 3.75. The lowest BCUT2D eigenvalue weighted by Gasteiger charge is -2.32. The first-order valence-corrected chi connectivity index (χ1v) is 23.2. The summed E-state index contributed by atoms with van der Waals surface area (Å²) in [6, 6.07) is 72.2. The zero-order valence-electron chi connectivity index (χ0n) is 38.9. The molecule has 0 fully saturated rings. The van der Waals surface area contributed by atoms with Gasteiger partial charge in [0.25, 0.3) is 0 Å². The fraction of sp³-hybridized carbons (Fsp3) is 0.175. The molecule has 1 aromatic heterocycles. The van der Waals surface area contributed by atoms with Gasteiger partial charge in [-0.3, -0.25) is 0 Å². The second kappa shape index (κ2) is 15.0. The van der Waals surface area contributed by atoms with Crippen LogP contribution in [0.4, 0.5) is 17.1 Å². The second-order valence-electron chi connectivity index (χ2n) is 20.6. The molecule has 0 N–H and O–H groups in total. The third-order valence-electron chi connectivity index (χ3n) is 13.9. The number of para-hydroxylation sites is 2. The van der Waals surface area contributed by atoms with Crippen molar-refractivity contribution in [2.75, 3.05) is 4.90 Å². The van der Waals surface area contributed by atoms with Gasteiger partial charge in [-0.05, 0) is 138 Å². The summed E-state index contributed by atoms with van der Waals surface area (Å²) < 4.78 is 2.58. The van der Waals surface area contributed by atoms with Gasteiger partial charge in [0, 0.05) is 39.1 Å². The van der Waals surface area contributed by atoms with Gasteiger partial charge in [0.05, 0.1) is 11.2 Å². The van der Waals surface area contributed by atoms with Crippen LogP contribution in [0.15, 0.2) is 194 Å². The first kappa shape index (κ1) is 40.6. The van der Waals surface area contributed by atoms with E-state index in [1.54, 1.807) is 0 Å². The van der Waals surface area contributed by atoms with Crippen LogP contribution in [0.25, 0.3) is 71.6 Å². The highest BCUT2D eigenvalue weighted by Gasteiger charge is 2.36. The Kier molecular flexibility index (Phi) is 9.35. The first-order valence-electron chi connectivity index (χ1n) is 23.2. The summed E-state index contributed by atoms with van der Waals surface area (Å²) in [7, 11) is 0. The van der Waals surface area contributed by atoms with Crippen molar-refractivity contribution in [1.82, 2.24) is 4.57 Å². The van der Waals surface area contributed by atoms with Crippen LogP contribution >= 0.6 is 0 Å². The second-order valence-corrected chi connectivity index (χ2v) is 20.6. The maximum absolute atomic E-state index is 2.58. The lowest BCUT2D eigenvalue weighted by molar-refractivity contribution is 0.593. The summed E-state index contributed by atoms with van der Waals surface area (Å²) >= 11 is 0. The van der Waals surface area contributed by atoms with E-state index in [9.17, 15) is 0 Å². The van der Waals surface area contributed by atoms with Crippen molar-refractivity contribution in [3.05, 3.63) is 216 Å². The molecule has 0 unspecified atom stereocenters. The summed E-state index contributed by atoms with van der Waals surface area (Å²) in [6.45, 7) is 19.1. The molecule has 0 saturated heterocycles. The molecule has 318 valence electrons. The van der Waals surface area contributed by atoms with Gasteiger partial charge in [-0.2, -0.15) is 0 Å². The molecule has 65 heavy (non-hydrogen) atoms. The standard InChI is InChI=1S/C63H56N2/c1-61(2,3)58-49-36-34-45(64(43-27-17-11-18-28-43)44-29-19-12-20-30-44)37-50(49)59(62(4,5)6)51-39-53-56(40-52(51)58)65(60(42-25-15-10-16-26-42)57(53)41-23-13-9-14-24-41)46-33-35-48-47-31-21-22-32-54(47)63(7,8)55(48)38-46/h9-40H,1-8H3. The third-order valence-corrected chi connectivity index (χ3v) is 13.9. The maximum Gasteiger partial charge on any atom is 0.0619 e. The molecule has 11 rings (SSSR count). The molecule has 0 bridgehead atoms. The summed E-state index contributed by atoms with van der Waals surface area (Å²) in [5.74, 6) is 0. The van der Waals surface area contributed by atoms with E-state index in [1.807, 2.05) is 0 Å². The molecule has 0 spiro atoms. The van der Waals surface area contributed by atoms with Crippen molar-refractivity contribution in [2.45, 2.75) is 71.6 Å². The van der Waals surface area contributed by atoms with Crippen molar-refractivity contribution in [1.29, 1.82) is 0 Å². The average molecular weight is 841 g/mol. The van der Waals surface area contributed by atoms with Crippen LogP contribution in [-0.4, -0.2) is 4.57 Å². The Morgan fingerprint density at radius 1 is 0.400 bits per heavy atom. The zero-order chi connectivity index (χ0) is 44.8. The van der Waals surface area contributed by atoms with E-state index in [-0.39, 0.29) is 16.2 Å². The lowest BCUT2D eigenvalue weighted by atomic mass is 9.73. The number of fused-ring (bicyclic) bond motifs is 6. The predicted octanol–water partition coefficient (Wildman–Crippen LogP) is 17.6. The van der Waals surface area contributed by atoms with Gasteiger partial charge < -0.3 is 9.47 Å². The van der Waals surface area contributed by atoms with Crippen LogP contribution in [0.2, 0.25) is 0 Å². The summed E-state index contributed by atoms with van der Waals surface area (Å²) in [5, 5.41) is 6.48. The van der Waals surface area contributed by atoms with Crippen LogP contribution in [0.5, 0.6) is 0 Å². The zero-order valence-corrected chi connectivity index (χ0v) is 38.9. The Bertz CT molecular complexity index is 3400. The number of nitrogens with zero attached hydrogens (tertiary/aromatic N) is 2. The van der Waals surface area contributed by atoms with Crippen molar-refractivity contribution in [3.63, 3.8) is 0 Å². The summed E-state index contributed by atoms with van der Waals surface area (Å²) in [5.41, 5.74) is 18.3. The minimum Gasteiger partial charge on any atom is -0.310 e. The Labute approximate surface area is 384 Å². The van der Waals surface area contributed by atoms with Crippen LogP contribution < -0.4 is 4.90 Å². The van der Waals surface area contributed by atoms with E-state index in [1.165, 1.54) is 93.9 Å². The van der Waals surface area contributed by atoms with Gasteiger partial charge >= 0.3 is 0 Å². The number of benzene rings is 9. The van der Waals surface area contributed by atoms with Crippen molar-refractivity contribution in [3.8, 4) is 39.2 Å². The number of anilines is 3. The van der Waals surface area contributed by atoms with Gasteiger partial charge in [-0.25, -0.2) is 0 Å². The molecule has 0 saturated carbocycles. The van der Waals surface area contributed by atoms with Crippen molar-refractivity contribution < 1.29 is 0 Å². The van der Waals surface area contributed by atoms with Gasteiger partial charge in [0.2, 0.25) is 0 Å². The number of hydrogen-bond acceptors (Lipinski definition) is 1. The van der Waals surface area contributed by atoms with Crippen molar-refractivity contribution in [2.24, 2.45) is 0 Å². The van der Waals surface area contributed by atoms with Crippen LogP contribution in [-0.2, 0) is 16.2 Å². The van der Waals surface area contributed by atoms with E-state index >= 15 is 0 Å². The summed E-state index contributed by atoms with van der Waals surface area (Å²) in [6.07, 6.45) is 0. The molecule has 0 amide bonds. The Morgan fingerprint density at radius 3 is 1.52 bits per heavy atom. The highest BCUT2D eigenvalue weighted by molar-refractivity contribution is 6.16. The molecule has 1 aliphatic rings. The largest absolute Gasteiger partial charge is 0.310 e. The topological polar surface area (TPSA) is 8.17 Å². The molecular formula is C63H56N2. The lowest BCUT2D eigenvalue weighted by Crippen LogP contribution is -2.18. The minimum absolute atomic E-state index is 0.137. The molecule has 0 aliphatic heterocycles. The highest BCUT2D eigenvalue weighted by atomic mass is 15.1. The number of aromatic nitrogens is 1. The van der Waals surface area contributed by atoms with Crippen LogP contribution in [0.3, 0.4) is 0 Å². The van der Waals surface area contributed by atoms with E-state index in [4.69, 9.17) is 0 Å². The fourth-order valence-electron chi connectivity index (χ4n) is 11.2. The van der Waals surface area contributed by atoms with Crippen molar-refractivity contribution >= 4 is 49.5 Å². The van der Waals surface area contributed by atoms with Crippen LogP contribution in [0, 0.1) is 0 Å². The Balaban J connectivity index is 1.29. The molecule has 1 heterocycles. The minimum atomic E-state index is -0.193. The third kappa shape index (κ3) is 6.53. The number of hydrogen-bond donors (Lipinski definition) is 0. The Morgan fingerprint density at radius 2 is 0.908 bits per heavy atom. The predicted molar refractivity (Wildman–Crippen MR) is 279 cm³/mol. The highest BCUT2D eigenvalue weighted by Crippen LogP contribution is 2.53. The van der Waals surface area contributed by atoms with Gasteiger partial charge in [0.15, 0.2) is 0 Å². The molecular weight excluding hydrogens is 785 g/mol. The molecule has 2 nitrogen and oxygen atoms in total. The first-order chi connectivity index (χ1) is 31.3. The molecule has 0 atom stereocenters. The number of rotatable bonds is 6. The van der Waals surface area contributed by atoms with Crippen LogP contribution in [0.1, 0.15) is 77.6 Å². The summed E-state index contributed by atoms with van der Waals surface area (Å²) in [4.78, 5) is 2.40. The van der Waals surface area contributed by atoms with Gasteiger partial charge in [-0.1, -0.05) is 189 Å².